The maximum Gasteiger partial charge on any atom is 0.270 e. The second-order valence-electron chi connectivity index (χ2n) is 4.87. The van der Waals surface area contributed by atoms with Gasteiger partial charge in [-0.3, -0.25) is 0 Å². The molecule has 0 unspecified atom stereocenters. The van der Waals surface area contributed by atoms with Gasteiger partial charge < -0.3 is 15.2 Å². The first-order valence-corrected chi connectivity index (χ1v) is 5.55. The monoisotopic (exact) mass is 259 g/mol. The minimum atomic E-state index is -2.96. The number of rotatable bonds is 4. The number of hydrogen-bond acceptors (Lipinski definition) is 3. The summed E-state index contributed by atoms with van der Waals surface area (Å²) in [5, 5.41) is 0. The van der Waals surface area contributed by atoms with Crippen LogP contribution in [0.2, 0.25) is 0 Å². The van der Waals surface area contributed by atoms with Crippen LogP contribution in [0.1, 0.15) is 31.9 Å². The first-order valence-electron chi connectivity index (χ1n) is 5.55. The van der Waals surface area contributed by atoms with Crippen LogP contribution in [0.5, 0.6) is 11.5 Å². The van der Waals surface area contributed by atoms with Crippen LogP contribution in [0.4, 0.5) is 8.78 Å². The van der Waals surface area contributed by atoms with E-state index in [-0.39, 0.29) is 11.3 Å². The van der Waals surface area contributed by atoms with Gasteiger partial charge in [0.15, 0.2) is 11.5 Å². The van der Waals surface area contributed by atoms with E-state index in [1.807, 2.05) is 0 Å². The Balaban J connectivity index is 3.57. The Morgan fingerprint density at radius 3 is 1.94 bits per heavy atom. The van der Waals surface area contributed by atoms with E-state index >= 15 is 0 Å². The van der Waals surface area contributed by atoms with E-state index in [1.165, 1.54) is 26.4 Å². The molecule has 0 amide bonds. The summed E-state index contributed by atoms with van der Waals surface area (Å²) in [4.78, 5) is 0. The second kappa shape index (κ2) is 4.72. The first kappa shape index (κ1) is 14.7. The number of benzene rings is 1. The summed E-state index contributed by atoms with van der Waals surface area (Å²) in [6, 6.07) is 2.63. The van der Waals surface area contributed by atoms with E-state index < -0.39 is 11.5 Å². The third-order valence-corrected chi connectivity index (χ3v) is 2.68. The van der Waals surface area contributed by atoms with Gasteiger partial charge in [-0.25, -0.2) is 8.78 Å². The molecule has 0 aliphatic carbocycles. The standard InChI is InChI=1S/C13H19F2NO2/c1-12(2,16)9-6-8(13(3,14)15)7-10(17-4)11(9)18-5/h6-7H,16H2,1-5H3. The summed E-state index contributed by atoms with van der Waals surface area (Å²) >= 11 is 0. The molecule has 5 heteroatoms. The van der Waals surface area contributed by atoms with Gasteiger partial charge in [-0.15, -0.1) is 0 Å². The molecule has 0 saturated heterocycles. The molecule has 0 aliphatic heterocycles. The molecule has 102 valence electrons. The van der Waals surface area contributed by atoms with Gasteiger partial charge in [-0.2, -0.15) is 0 Å². The molecular weight excluding hydrogens is 240 g/mol. The molecule has 0 bridgehead atoms. The molecule has 0 aliphatic rings. The van der Waals surface area contributed by atoms with Crippen LogP contribution in [0.3, 0.4) is 0 Å². The predicted octanol–water partition coefficient (Wildman–Crippen LogP) is 3.01. The number of hydrogen-bond donors (Lipinski definition) is 1. The van der Waals surface area contributed by atoms with Crippen molar-refractivity contribution in [2.24, 2.45) is 5.73 Å². The topological polar surface area (TPSA) is 44.5 Å². The first-order chi connectivity index (χ1) is 8.11. The smallest absolute Gasteiger partial charge is 0.270 e. The lowest BCUT2D eigenvalue weighted by atomic mass is 9.91. The van der Waals surface area contributed by atoms with Crippen LogP contribution in [-0.4, -0.2) is 14.2 Å². The van der Waals surface area contributed by atoms with Gasteiger partial charge >= 0.3 is 0 Å². The number of halogens is 2. The van der Waals surface area contributed by atoms with Gasteiger partial charge in [0, 0.05) is 23.6 Å². The van der Waals surface area contributed by atoms with E-state index in [0.717, 1.165) is 6.92 Å². The average Bonchev–Trinajstić information content (AvgIpc) is 2.24. The zero-order chi connectivity index (χ0) is 14.1. The van der Waals surface area contributed by atoms with Crippen LogP contribution in [0.15, 0.2) is 12.1 Å². The quantitative estimate of drug-likeness (QED) is 0.904. The highest BCUT2D eigenvalue weighted by molar-refractivity contribution is 5.52. The van der Waals surface area contributed by atoms with Crippen molar-refractivity contribution in [2.45, 2.75) is 32.2 Å². The maximum absolute atomic E-state index is 13.4. The highest BCUT2D eigenvalue weighted by Gasteiger charge is 2.30. The zero-order valence-electron chi connectivity index (χ0n) is 11.3. The molecule has 1 aromatic rings. The highest BCUT2D eigenvalue weighted by atomic mass is 19.3. The molecule has 18 heavy (non-hydrogen) atoms. The Kier molecular flexibility index (Phi) is 3.86. The third-order valence-electron chi connectivity index (χ3n) is 2.68. The number of alkyl halides is 2. The Bertz CT molecular complexity index is 434. The van der Waals surface area contributed by atoms with Crippen molar-refractivity contribution in [3.05, 3.63) is 23.3 Å². The van der Waals surface area contributed by atoms with E-state index in [9.17, 15) is 8.78 Å². The van der Waals surface area contributed by atoms with Gasteiger partial charge in [-0.05, 0) is 26.0 Å². The number of methoxy groups -OCH3 is 2. The fourth-order valence-electron chi connectivity index (χ4n) is 1.70. The fraction of sp³-hybridized carbons (Fsp3) is 0.538. The molecule has 0 saturated carbocycles. The van der Waals surface area contributed by atoms with Crippen molar-refractivity contribution >= 4 is 0 Å². The largest absolute Gasteiger partial charge is 0.493 e. The summed E-state index contributed by atoms with van der Waals surface area (Å²) in [5.41, 5.74) is 5.52. The Hall–Kier alpha value is -1.36. The average molecular weight is 259 g/mol. The SMILES string of the molecule is COc1cc(C(C)(F)F)cc(C(C)(C)N)c1OC. The summed E-state index contributed by atoms with van der Waals surface area (Å²) in [6.45, 7) is 4.28. The van der Waals surface area contributed by atoms with Gasteiger partial charge in [-0.1, -0.05) is 0 Å². The molecule has 0 radical (unpaired) electrons. The van der Waals surface area contributed by atoms with E-state index in [4.69, 9.17) is 15.2 Å². The fourth-order valence-corrected chi connectivity index (χ4v) is 1.70. The molecule has 1 aromatic carbocycles. The molecule has 2 N–H and O–H groups in total. The van der Waals surface area contributed by atoms with Gasteiger partial charge in [0.2, 0.25) is 0 Å². The number of ether oxygens (including phenoxy) is 2. The van der Waals surface area contributed by atoms with Crippen LogP contribution in [-0.2, 0) is 11.5 Å². The van der Waals surface area contributed by atoms with Crippen LogP contribution < -0.4 is 15.2 Å². The van der Waals surface area contributed by atoms with Crippen LogP contribution in [0, 0.1) is 0 Å². The lowest BCUT2D eigenvalue weighted by Gasteiger charge is -2.25. The van der Waals surface area contributed by atoms with Crippen molar-refractivity contribution in [1.82, 2.24) is 0 Å². The summed E-state index contributed by atoms with van der Waals surface area (Å²) in [7, 11) is 2.86. The summed E-state index contributed by atoms with van der Waals surface area (Å²) in [5.74, 6) is -2.32. The molecule has 0 aromatic heterocycles. The van der Waals surface area contributed by atoms with Crippen LogP contribution >= 0.6 is 0 Å². The molecule has 0 spiro atoms. The van der Waals surface area contributed by atoms with Crippen molar-refractivity contribution in [1.29, 1.82) is 0 Å². The minimum absolute atomic E-state index is 0.145. The maximum atomic E-state index is 13.4. The summed E-state index contributed by atoms with van der Waals surface area (Å²) < 4.78 is 37.2. The van der Waals surface area contributed by atoms with Crippen LogP contribution in [0.25, 0.3) is 0 Å². The highest BCUT2D eigenvalue weighted by Crippen LogP contribution is 2.41. The lowest BCUT2D eigenvalue weighted by molar-refractivity contribution is 0.0170. The van der Waals surface area contributed by atoms with E-state index in [1.54, 1.807) is 13.8 Å². The minimum Gasteiger partial charge on any atom is -0.493 e. The number of nitrogens with two attached hydrogens (primary N) is 1. The zero-order valence-corrected chi connectivity index (χ0v) is 11.3. The molecule has 1 rings (SSSR count). The lowest BCUT2D eigenvalue weighted by Crippen LogP contribution is -2.30. The molecular formula is C13H19F2NO2. The van der Waals surface area contributed by atoms with Gasteiger partial charge in [0.1, 0.15) is 0 Å². The predicted molar refractivity (Wildman–Crippen MR) is 66.3 cm³/mol. The Labute approximate surface area is 106 Å². The molecule has 0 heterocycles. The van der Waals surface area contributed by atoms with Crippen molar-refractivity contribution < 1.29 is 18.3 Å². The molecule has 0 atom stereocenters. The third kappa shape index (κ3) is 2.90. The van der Waals surface area contributed by atoms with Gasteiger partial charge in [0.25, 0.3) is 5.92 Å². The van der Waals surface area contributed by atoms with Crippen molar-refractivity contribution in [2.75, 3.05) is 14.2 Å². The normalized spacial score (nSPS) is 12.4. The molecule has 3 nitrogen and oxygen atoms in total. The summed E-state index contributed by atoms with van der Waals surface area (Å²) in [6.07, 6.45) is 0. The molecule has 0 fully saturated rings. The van der Waals surface area contributed by atoms with Crippen molar-refractivity contribution in [3.63, 3.8) is 0 Å². The van der Waals surface area contributed by atoms with Crippen molar-refractivity contribution in [3.8, 4) is 11.5 Å². The Morgan fingerprint density at radius 1 is 1.06 bits per heavy atom. The second-order valence-corrected chi connectivity index (χ2v) is 4.87. The Morgan fingerprint density at radius 2 is 1.61 bits per heavy atom. The van der Waals surface area contributed by atoms with E-state index in [0.29, 0.717) is 11.3 Å². The van der Waals surface area contributed by atoms with E-state index in [2.05, 4.69) is 0 Å². The van der Waals surface area contributed by atoms with Gasteiger partial charge in [0.05, 0.1) is 14.2 Å².